The van der Waals surface area contributed by atoms with E-state index in [1.54, 1.807) is 0 Å². The second-order valence-electron chi connectivity index (χ2n) is 5.63. The first-order valence-electron chi connectivity index (χ1n) is 6.22. The summed E-state index contributed by atoms with van der Waals surface area (Å²) in [6.45, 7) is 8.95. The largest absolute Gasteiger partial charge is 0.381 e. The van der Waals surface area contributed by atoms with Crippen molar-refractivity contribution in [3.63, 3.8) is 0 Å². The molecular formula is C14H21BrN2. The Hall–Kier alpha value is -0.540. The van der Waals surface area contributed by atoms with E-state index in [1.807, 2.05) is 0 Å². The number of halogens is 1. The van der Waals surface area contributed by atoms with Crippen LogP contribution >= 0.6 is 15.9 Å². The molecule has 94 valence electrons. The fraction of sp³-hybridized carbons (Fsp3) is 0.571. The summed E-state index contributed by atoms with van der Waals surface area (Å²) in [5.41, 5.74) is 2.80. The van der Waals surface area contributed by atoms with Crippen molar-refractivity contribution in [2.75, 3.05) is 18.4 Å². The average molecular weight is 297 g/mol. The quantitative estimate of drug-likeness (QED) is 0.872. The smallest absolute Gasteiger partial charge is 0.0489 e. The minimum atomic E-state index is 0.293. The van der Waals surface area contributed by atoms with Crippen molar-refractivity contribution in [2.24, 2.45) is 5.41 Å². The van der Waals surface area contributed by atoms with Crippen LogP contribution in [0, 0.1) is 12.3 Å². The molecule has 2 N–H and O–H groups in total. The maximum Gasteiger partial charge on any atom is 0.0489 e. The molecule has 1 saturated heterocycles. The van der Waals surface area contributed by atoms with Crippen LogP contribution in [0.25, 0.3) is 0 Å². The Balaban J connectivity index is 2.16. The monoisotopic (exact) mass is 296 g/mol. The van der Waals surface area contributed by atoms with Crippen LogP contribution in [0.5, 0.6) is 0 Å². The average Bonchev–Trinajstić information content (AvgIpc) is 2.26. The molecule has 0 saturated carbocycles. The topological polar surface area (TPSA) is 24.1 Å². The zero-order valence-electron chi connectivity index (χ0n) is 10.8. The number of benzene rings is 1. The van der Waals surface area contributed by atoms with Crippen LogP contribution < -0.4 is 10.6 Å². The van der Waals surface area contributed by atoms with Crippen molar-refractivity contribution in [3.8, 4) is 0 Å². The summed E-state index contributed by atoms with van der Waals surface area (Å²) in [5, 5.41) is 7.16. The third kappa shape index (κ3) is 3.02. The zero-order valence-corrected chi connectivity index (χ0v) is 12.4. The van der Waals surface area contributed by atoms with Crippen molar-refractivity contribution in [2.45, 2.75) is 33.2 Å². The van der Waals surface area contributed by atoms with Gasteiger partial charge in [-0.1, -0.05) is 19.9 Å². The Kier molecular flexibility index (Phi) is 3.79. The summed E-state index contributed by atoms with van der Waals surface area (Å²) in [4.78, 5) is 0. The van der Waals surface area contributed by atoms with Crippen molar-refractivity contribution < 1.29 is 0 Å². The number of aryl methyl sites for hydroxylation is 1. The highest BCUT2D eigenvalue weighted by Gasteiger charge is 2.32. The molecule has 1 aliphatic rings. The number of nitrogens with one attached hydrogen (secondary N) is 2. The van der Waals surface area contributed by atoms with E-state index in [0.717, 1.165) is 17.6 Å². The van der Waals surface area contributed by atoms with Gasteiger partial charge in [-0.05, 0) is 58.9 Å². The van der Waals surface area contributed by atoms with Crippen molar-refractivity contribution >= 4 is 21.6 Å². The van der Waals surface area contributed by atoms with Gasteiger partial charge in [0.2, 0.25) is 0 Å². The highest BCUT2D eigenvalue weighted by atomic mass is 79.9. The van der Waals surface area contributed by atoms with Gasteiger partial charge in [0.25, 0.3) is 0 Å². The van der Waals surface area contributed by atoms with Gasteiger partial charge in [0.1, 0.15) is 0 Å². The number of rotatable bonds is 2. The van der Waals surface area contributed by atoms with E-state index < -0.39 is 0 Å². The van der Waals surface area contributed by atoms with E-state index in [2.05, 4.69) is 65.5 Å². The van der Waals surface area contributed by atoms with Crippen molar-refractivity contribution in [3.05, 3.63) is 28.2 Å². The first-order chi connectivity index (χ1) is 7.99. The second-order valence-corrected chi connectivity index (χ2v) is 6.49. The molecule has 1 aliphatic heterocycles. The minimum Gasteiger partial charge on any atom is -0.381 e. The first kappa shape index (κ1) is 12.9. The van der Waals surface area contributed by atoms with Crippen LogP contribution in [0.1, 0.15) is 25.8 Å². The first-order valence-corrected chi connectivity index (χ1v) is 7.02. The van der Waals surface area contributed by atoms with Crippen LogP contribution in [0.4, 0.5) is 5.69 Å². The molecule has 0 amide bonds. The van der Waals surface area contributed by atoms with E-state index in [4.69, 9.17) is 0 Å². The van der Waals surface area contributed by atoms with Gasteiger partial charge in [0.15, 0.2) is 0 Å². The molecular weight excluding hydrogens is 276 g/mol. The number of hydrogen-bond acceptors (Lipinski definition) is 2. The highest BCUT2D eigenvalue weighted by Crippen LogP contribution is 2.31. The van der Waals surface area contributed by atoms with Crippen LogP contribution in [-0.2, 0) is 0 Å². The molecule has 2 rings (SSSR count). The van der Waals surface area contributed by atoms with Gasteiger partial charge in [0.05, 0.1) is 0 Å². The summed E-state index contributed by atoms with van der Waals surface area (Å²) < 4.78 is 1.15. The van der Waals surface area contributed by atoms with Crippen molar-refractivity contribution in [1.82, 2.24) is 5.32 Å². The van der Waals surface area contributed by atoms with Gasteiger partial charge in [0, 0.05) is 22.7 Å². The van der Waals surface area contributed by atoms with Gasteiger partial charge >= 0.3 is 0 Å². The van der Waals surface area contributed by atoms with Crippen LogP contribution in [0.2, 0.25) is 0 Å². The van der Waals surface area contributed by atoms with E-state index in [9.17, 15) is 0 Å². The lowest BCUT2D eigenvalue weighted by Gasteiger charge is -2.40. The molecule has 0 aliphatic carbocycles. The van der Waals surface area contributed by atoms with Gasteiger partial charge < -0.3 is 10.6 Å². The lowest BCUT2D eigenvalue weighted by Crippen LogP contribution is -2.49. The summed E-state index contributed by atoms with van der Waals surface area (Å²) in [6, 6.07) is 6.98. The summed E-state index contributed by atoms with van der Waals surface area (Å²) in [6.07, 6.45) is 1.17. The predicted octanol–water partition coefficient (Wildman–Crippen LogP) is 3.56. The van der Waals surface area contributed by atoms with E-state index in [1.165, 1.54) is 17.7 Å². The SMILES string of the molecule is Cc1ccc(Br)c(NC2CCNCC2(C)C)c1. The third-order valence-electron chi connectivity index (χ3n) is 3.59. The molecule has 1 heterocycles. The standard InChI is InChI=1S/C14H21BrN2/c1-10-4-5-11(15)12(8-10)17-13-6-7-16-9-14(13,2)3/h4-5,8,13,16-17H,6-7,9H2,1-3H3. The Morgan fingerprint density at radius 2 is 2.18 bits per heavy atom. The maximum atomic E-state index is 3.69. The van der Waals surface area contributed by atoms with Gasteiger partial charge in [-0.15, -0.1) is 0 Å². The molecule has 3 heteroatoms. The second kappa shape index (κ2) is 4.99. The number of anilines is 1. The molecule has 0 spiro atoms. The lowest BCUT2D eigenvalue weighted by atomic mass is 9.80. The highest BCUT2D eigenvalue weighted by molar-refractivity contribution is 9.10. The fourth-order valence-electron chi connectivity index (χ4n) is 2.38. The zero-order chi connectivity index (χ0) is 12.5. The van der Waals surface area contributed by atoms with E-state index in [0.29, 0.717) is 11.5 Å². The molecule has 0 bridgehead atoms. The van der Waals surface area contributed by atoms with Crippen LogP contribution in [0.3, 0.4) is 0 Å². The Morgan fingerprint density at radius 1 is 1.41 bits per heavy atom. The van der Waals surface area contributed by atoms with E-state index in [-0.39, 0.29) is 0 Å². The van der Waals surface area contributed by atoms with Crippen molar-refractivity contribution in [1.29, 1.82) is 0 Å². The Bertz CT molecular complexity index is 401. The minimum absolute atomic E-state index is 0.293. The predicted molar refractivity (Wildman–Crippen MR) is 77.6 cm³/mol. The Labute approximate surface area is 112 Å². The van der Waals surface area contributed by atoms with Gasteiger partial charge in [-0.3, -0.25) is 0 Å². The molecule has 1 aromatic rings. The van der Waals surface area contributed by atoms with Crippen LogP contribution in [-0.4, -0.2) is 19.1 Å². The van der Waals surface area contributed by atoms with Gasteiger partial charge in [-0.25, -0.2) is 0 Å². The molecule has 0 radical (unpaired) electrons. The molecule has 0 aromatic heterocycles. The van der Waals surface area contributed by atoms with E-state index >= 15 is 0 Å². The molecule has 17 heavy (non-hydrogen) atoms. The van der Waals surface area contributed by atoms with Crippen LogP contribution in [0.15, 0.2) is 22.7 Å². The lowest BCUT2D eigenvalue weighted by molar-refractivity contribution is 0.236. The normalized spacial score (nSPS) is 23.4. The van der Waals surface area contributed by atoms with Gasteiger partial charge in [-0.2, -0.15) is 0 Å². The summed E-state index contributed by atoms with van der Waals surface area (Å²) in [5.74, 6) is 0. The molecule has 1 fully saturated rings. The summed E-state index contributed by atoms with van der Waals surface area (Å²) in [7, 11) is 0. The third-order valence-corrected chi connectivity index (χ3v) is 4.28. The number of hydrogen-bond donors (Lipinski definition) is 2. The summed E-state index contributed by atoms with van der Waals surface area (Å²) >= 11 is 3.62. The Morgan fingerprint density at radius 3 is 2.88 bits per heavy atom. The molecule has 1 atom stereocenters. The maximum absolute atomic E-state index is 3.69. The molecule has 1 aromatic carbocycles. The molecule has 1 unspecified atom stereocenters. The number of piperidine rings is 1. The molecule has 2 nitrogen and oxygen atoms in total. The fourth-order valence-corrected chi connectivity index (χ4v) is 2.74.